The van der Waals surface area contributed by atoms with Crippen molar-refractivity contribution in [1.29, 1.82) is 0 Å². The lowest BCUT2D eigenvalue weighted by atomic mass is 9.98. The van der Waals surface area contributed by atoms with E-state index in [4.69, 9.17) is 5.73 Å². The Morgan fingerprint density at radius 3 is 2.50 bits per heavy atom. The molecule has 10 heteroatoms. The van der Waals surface area contributed by atoms with Gasteiger partial charge in [0.1, 0.15) is 0 Å². The van der Waals surface area contributed by atoms with Gasteiger partial charge in [-0.2, -0.15) is 0 Å². The van der Waals surface area contributed by atoms with Gasteiger partial charge in [0.2, 0.25) is 5.91 Å². The minimum Gasteiger partial charge on any atom is -0.341 e. The summed E-state index contributed by atoms with van der Waals surface area (Å²) in [7, 11) is 1.59. The zero-order chi connectivity index (χ0) is 28.9. The number of carbonyl (C=O) groups is 3. The Hall–Kier alpha value is -3.47. The van der Waals surface area contributed by atoms with Gasteiger partial charge in [0.05, 0.1) is 5.54 Å². The Balaban J connectivity index is 1.57. The normalized spacial score (nSPS) is 15.2. The minimum absolute atomic E-state index is 0.167. The molecule has 1 heterocycles. The molecule has 0 aromatic heterocycles. The Kier molecular flexibility index (Phi) is 9.44. The summed E-state index contributed by atoms with van der Waals surface area (Å²) in [6.45, 7) is 4.48. The van der Waals surface area contributed by atoms with Crippen molar-refractivity contribution in [2.45, 2.75) is 54.2 Å². The van der Waals surface area contributed by atoms with Crippen LogP contribution in [0.4, 0.5) is 4.79 Å². The Morgan fingerprint density at radius 2 is 1.82 bits per heavy atom. The highest BCUT2D eigenvalue weighted by atomic mass is 32.2. The van der Waals surface area contributed by atoms with Crippen LogP contribution in [0.3, 0.4) is 0 Å². The van der Waals surface area contributed by atoms with Crippen molar-refractivity contribution in [3.05, 3.63) is 83.4 Å². The quantitative estimate of drug-likeness (QED) is 0.297. The van der Waals surface area contributed by atoms with Gasteiger partial charge < -0.3 is 26.6 Å². The molecule has 5 N–H and O–H groups in total. The summed E-state index contributed by atoms with van der Waals surface area (Å²) < 4.78 is 0. The molecule has 3 aromatic rings. The SMILES string of the molecule is CNC(=O)NCc1ccccc1-c1ccc(CN2Cc3ccc(SC)cc3S[C@@H](NC(=O)C(C)(C)N)C2=O)cc1. The molecule has 0 aliphatic carbocycles. The first-order valence-corrected chi connectivity index (χ1v) is 15.0. The van der Waals surface area contributed by atoms with Gasteiger partial charge in [0.15, 0.2) is 5.37 Å². The van der Waals surface area contributed by atoms with Crippen molar-refractivity contribution in [3.8, 4) is 11.1 Å². The highest BCUT2D eigenvalue weighted by molar-refractivity contribution is 8.01. The highest BCUT2D eigenvalue weighted by Crippen LogP contribution is 2.35. The second kappa shape index (κ2) is 12.8. The second-order valence-electron chi connectivity index (χ2n) is 10.1. The number of nitrogens with one attached hydrogen (secondary N) is 3. The van der Waals surface area contributed by atoms with Crippen LogP contribution in [-0.4, -0.2) is 47.0 Å². The molecule has 40 heavy (non-hydrogen) atoms. The maximum absolute atomic E-state index is 13.7. The molecule has 4 amide bonds. The molecule has 1 atom stereocenters. The number of amides is 4. The van der Waals surface area contributed by atoms with Crippen LogP contribution in [0.15, 0.2) is 76.5 Å². The van der Waals surface area contributed by atoms with E-state index in [1.165, 1.54) is 11.8 Å². The molecule has 0 unspecified atom stereocenters. The Labute approximate surface area is 243 Å². The van der Waals surface area contributed by atoms with Gasteiger partial charge in [0.25, 0.3) is 5.91 Å². The van der Waals surface area contributed by atoms with E-state index in [2.05, 4.69) is 34.1 Å². The molecule has 0 saturated heterocycles. The molecule has 1 aliphatic rings. The number of nitrogens with two attached hydrogens (primary N) is 1. The molecule has 0 saturated carbocycles. The smallest absolute Gasteiger partial charge is 0.314 e. The van der Waals surface area contributed by atoms with Crippen LogP contribution >= 0.6 is 23.5 Å². The number of fused-ring (bicyclic) bond motifs is 1. The van der Waals surface area contributed by atoms with Gasteiger partial charge in [0, 0.05) is 36.5 Å². The number of rotatable bonds is 8. The van der Waals surface area contributed by atoms with Crippen molar-refractivity contribution < 1.29 is 14.4 Å². The first-order chi connectivity index (χ1) is 19.1. The Bertz CT molecular complexity index is 1390. The fourth-order valence-corrected chi connectivity index (χ4v) is 5.95. The first kappa shape index (κ1) is 29.5. The third-order valence-corrected chi connectivity index (χ3v) is 8.50. The van der Waals surface area contributed by atoms with Crippen LogP contribution in [0.5, 0.6) is 0 Å². The summed E-state index contributed by atoms with van der Waals surface area (Å²) in [5.41, 5.74) is 9.96. The topological polar surface area (TPSA) is 117 Å². The zero-order valence-electron chi connectivity index (χ0n) is 23.1. The lowest BCUT2D eigenvalue weighted by molar-refractivity contribution is -0.135. The summed E-state index contributed by atoms with van der Waals surface area (Å²) in [5, 5.41) is 7.49. The van der Waals surface area contributed by atoms with Crippen LogP contribution in [0.25, 0.3) is 11.1 Å². The van der Waals surface area contributed by atoms with Crippen molar-refractivity contribution in [1.82, 2.24) is 20.9 Å². The molecule has 0 radical (unpaired) electrons. The lowest BCUT2D eigenvalue weighted by Gasteiger charge is -2.27. The van der Waals surface area contributed by atoms with Crippen molar-refractivity contribution in [2.24, 2.45) is 5.73 Å². The zero-order valence-corrected chi connectivity index (χ0v) is 24.7. The van der Waals surface area contributed by atoms with Crippen molar-refractivity contribution in [2.75, 3.05) is 13.3 Å². The van der Waals surface area contributed by atoms with Crippen molar-refractivity contribution in [3.63, 3.8) is 0 Å². The molecule has 0 bridgehead atoms. The minimum atomic E-state index is -1.11. The fourth-order valence-electron chi connectivity index (χ4n) is 4.29. The number of nitrogens with zero attached hydrogens (tertiary/aromatic N) is 1. The molecular weight excluding hydrogens is 542 g/mol. The molecule has 1 aliphatic heterocycles. The van der Waals surface area contributed by atoms with E-state index < -0.39 is 10.9 Å². The van der Waals surface area contributed by atoms with Crippen molar-refractivity contribution >= 4 is 41.4 Å². The third kappa shape index (κ3) is 7.18. The lowest BCUT2D eigenvalue weighted by Crippen LogP contribution is -2.54. The maximum Gasteiger partial charge on any atom is 0.314 e. The van der Waals surface area contributed by atoms with Gasteiger partial charge in [-0.1, -0.05) is 66.4 Å². The van der Waals surface area contributed by atoms with Crippen LogP contribution in [-0.2, 0) is 29.2 Å². The second-order valence-corrected chi connectivity index (χ2v) is 12.2. The van der Waals surface area contributed by atoms with E-state index in [1.54, 1.807) is 37.6 Å². The van der Waals surface area contributed by atoms with Gasteiger partial charge in [-0.15, -0.1) is 11.8 Å². The maximum atomic E-state index is 13.7. The monoisotopic (exact) mass is 577 g/mol. The average Bonchev–Trinajstić information content (AvgIpc) is 3.07. The van der Waals surface area contributed by atoms with E-state index in [9.17, 15) is 14.4 Å². The molecule has 0 fully saturated rings. The number of urea groups is 1. The summed E-state index contributed by atoms with van der Waals surface area (Å²) in [5.74, 6) is -0.545. The van der Waals surface area contributed by atoms with Crippen LogP contribution in [0, 0.1) is 0 Å². The third-order valence-electron chi connectivity index (χ3n) is 6.59. The van der Waals surface area contributed by atoms with Crippen LogP contribution in [0.1, 0.15) is 30.5 Å². The first-order valence-electron chi connectivity index (χ1n) is 12.9. The average molecular weight is 578 g/mol. The summed E-state index contributed by atoms with van der Waals surface area (Å²) in [6, 6.07) is 22.0. The Morgan fingerprint density at radius 1 is 1.10 bits per heavy atom. The molecule has 3 aromatic carbocycles. The summed E-state index contributed by atoms with van der Waals surface area (Å²) in [4.78, 5) is 42.0. The van der Waals surface area contributed by atoms with Gasteiger partial charge >= 0.3 is 6.03 Å². The van der Waals surface area contributed by atoms with Gasteiger partial charge in [-0.25, -0.2) is 4.79 Å². The fraction of sp³-hybridized carbons (Fsp3) is 0.300. The largest absolute Gasteiger partial charge is 0.341 e. The molecule has 210 valence electrons. The van der Waals surface area contributed by atoms with E-state index in [0.29, 0.717) is 19.6 Å². The molecule has 8 nitrogen and oxygen atoms in total. The molecule has 4 rings (SSSR count). The predicted molar refractivity (Wildman–Crippen MR) is 162 cm³/mol. The standard InChI is InChI=1S/C30H35N5O3S2/c1-30(2,31)28(37)34-26-27(36)35(18-22-13-14-23(39-4)15-25(22)40-26)17-19-9-11-20(12-10-19)24-8-6-5-7-21(24)16-33-29(38)32-3/h5-15,26H,16-18,31H2,1-4H3,(H,34,37)(H2,32,33,38)/t26-/m1/s1. The number of hydrogen-bond acceptors (Lipinski definition) is 6. The summed E-state index contributed by atoms with van der Waals surface area (Å²) >= 11 is 2.99. The van der Waals surface area contributed by atoms with Gasteiger partial charge in [-0.05, 0) is 60.1 Å². The molecular formula is C30H35N5O3S2. The number of thioether (sulfide) groups is 2. The number of hydrogen-bond donors (Lipinski definition) is 4. The molecule has 0 spiro atoms. The van der Waals surface area contributed by atoms with E-state index in [0.717, 1.165) is 37.6 Å². The number of benzene rings is 3. The van der Waals surface area contributed by atoms with Gasteiger partial charge in [-0.3, -0.25) is 9.59 Å². The predicted octanol–water partition coefficient (Wildman–Crippen LogP) is 4.32. The highest BCUT2D eigenvalue weighted by Gasteiger charge is 2.34. The van der Waals surface area contributed by atoms with Crippen LogP contribution in [0.2, 0.25) is 0 Å². The van der Waals surface area contributed by atoms with E-state index in [1.807, 2.05) is 54.8 Å². The van der Waals surface area contributed by atoms with Crippen LogP contribution < -0.4 is 21.7 Å². The van der Waals surface area contributed by atoms with E-state index >= 15 is 0 Å². The summed E-state index contributed by atoms with van der Waals surface area (Å²) in [6.07, 6.45) is 2.01. The van der Waals surface area contributed by atoms with E-state index in [-0.39, 0.29) is 17.8 Å². The number of carbonyl (C=O) groups excluding carboxylic acids is 3.